The summed E-state index contributed by atoms with van der Waals surface area (Å²) in [7, 11) is 1.75. The van der Waals surface area contributed by atoms with E-state index in [9.17, 15) is 4.79 Å². The predicted octanol–water partition coefficient (Wildman–Crippen LogP) is 8.05. The summed E-state index contributed by atoms with van der Waals surface area (Å²) in [4.78, 5) is 19.8. The van der Waals surface area contributed by atoms with Gasteiger partial charge in [0.05, 0.1) is 5.69 Å². The number of aliphatic imine (C=N–C) groups is 1. The molecular weight excluding hydrogens is 563 g/mol. The van der Waals surface area contributed by atoms with Crippen LogP contribution in [0.25, 0.3) is 22.4 Å². The minimum atomic E-state index is -0.318. The molecule has 208 valence electrons. The summed E-state index contributed by atoms with van der Waals surface area (Å²) in [5.74, 6) is 0.693. The van der Waals surface area contributed by atoms with Crippen molar-refractivity contribution in [2.75, 3.05) is 7.05 Å². The van der Waals surface area contributed by atoms with Crippen molar-refractivity contribution in [3.63, 3.8) is 0 Å². The van der Waals surface area contributed by atoms with E-state index in [2.05, 4.69) is 25.8 Å². The summed E-state index contributed by atoms with van der Waals surface area (Å²) in [5.41, 5.74) is 4.67. The lowest BCUT2D eigenvalue weighted by Crippen LogP contribution is -2.32. The lowest BCUT2D eigenvalue weighted by molar-refractivity contribution is -0.138. The van der Waals surface area contributed by atoms with Gasteiger partial charge in [-0.1, -0.05) is 65.7 Å². The molecule has 2 N–H and O–H groups in total. The summed E-state index contributed by atoms with van der Waals surface area (Å²) < 4.78 is 7.81. The number of nitrogens with zero attached hydrogens (tertiary/aromatic N) is 2. The van der Waals surface area contributed by atoms with Crippen molar-refractivity contribution in [1.29, 1.82) is 0 Å². The largest absolute Gasteiger partial charge is 0.462 e. The van der Waals surface area contributed by atoms with Crippen LogP contribution in [-0.4, -0.2) is 30.1 Å². The van der Waals surface area contributed by atoms with E-state index in [1.54, 1.807) is 7.05 Å². The third kappa shape index (κ3) is 10.2. The summed E-state index contributed by atoms with van der Waals surface area (Å²) in [6, 6.07) is 27.7. The van der Waals surface area contributed by atoms with Gasteiger partial charge in [0.1, 0.15) is 5.60 Å². The molecule has 4 rings (SSSR count). The minimum absolute atomic E-state index is 0.318. The van der Waals surface area contributed by atoms with Crippen LogP contribution in [0.4, 0.5) is 0 Å². The molecule has 6 nitrogen and oxygen atoms in total. The van der Waals surface area contributed by atoms with Crippen LogP contribution in [-0.2, 0) is 16.1 Å². The second-order valence-corrected chi connectivity index (χ2v) is 11.3. The van der Waals surface area contributed by atoms with E-state index >= 15 is 0 Å². The number of aromatic nitrogens is 1. The fraction of sp³-hybridized carbons (Fsp3) is 0.194. The highest BCUT2D eigenvalue weighted by molar-refractivity contribution is 7.98. The van der Waals surface area contributed by atoms with Crippen LogP contribution in [0.2, 0.25) is 10.0 Å². The molecule has 4 aromatic rings. The van der Waals surface area contributed by atoms with E-state index in [0.29, 0.717) is 29.0 Å². The third-order valence-electron chi connectivity index (χ3n) is 5.31. The van der Waals surface area contributed by atoms with Gasteiger partial charge >= 0.3 is 0 Å². The number of ether oxygens (including phenoxy) is 1. The number of guanidine groups is 1. The second kappa shape index (κ2) is 15.3. The Kier molecular flexibility index (Phi) is 11.9. The van der Waals surface area contributed by atoms with Crippen molar-refractivity contribution in [3.05, 3.63) is 107 Å². The Balaban J connectivity index is 0.000000559. The Morgan fingerprint density at radius 1 is 0.950 bits per heavy atom. The number of rotatable bonds is 7. The first-order valence-electron chi connectivity index (χ1n) is 12.5. The first-order chi connectivity index (χ1) is 19.2. The summed E-state index contributed by atoms with van der Waals surface area (Å²) in [5, 5.41) is 4.74. The first kappa shape index (κ1) is 31.0. The predicted molar refractivity (Wildman–Crippen MR) is 168 cm³/mol. The van der Waals surface area contributed by atoms with E-state index in [0.717, 1.165) is 32.8 Å². The quantitative estimate of drug-likeness (QED) is 0.0975. The van der Waals surface area contributed by atoms with Crippen molar-refractivity contribution >= 4 is 47.6 Å². The number of carbonyl (C=O) groups is 1. The van der Waals surface area contributed by atoms with Crippen molar-refractivity contribution in [3.8, 4) is 22.4 Å². The molecule has 0 saturated carbocycles. The van der Waals surface area contributed by atoms with Gasteiger partial charge in [-0.15, -0.1) is 0 Å². The molecule has 0 saturated heterocycles. The van der Waals surface area contributed by atoms with Crippen LogP contribution in [0.5, 0.6) is 0 Å². The number of pyridine rings is 1. The van der Waals surface area contributed by atoms with Crippen molar-refractivity contribution < 1.29 is 9.53 Å². The summed E-state index contributed by atoms with van der Waals surface area (Å²) in [6.07, 6.45) is 1.88. The normalized spacial score (nSPS) is 11.2. The Bertz CT molecular complexity index is 1390. The Morgan fingerprint density at radius 3 is 2.08 bits per heavy atom. The SMILES string of the molecule is CC(C)(C)OC=O.CN=C(NCc1cnc(-c2ccc(Cl)cc2)c(-c2ccc(Cl)cc2)c1)NSc1ccccc1. The number of hydrogen-bond acceptors (Lipinski definition) is 5. The second-order valence-electron chi connectivity index (χ2n) is 9.52. The number of halogens is 2. The highest BCUT2D eigenvalue weighted by Gasteiger charge is 2.12. The maximum absolute atomic E-state index is 9.60. The van der Waals surface area contributed by atoms with Gasteiger partial charge in [0, 0.05) is 45.9 Å². The molecule has 1 heterocycles. The Hall–Kier alpha value is -3.52. The van der Waals surface area contributed by atoms with Gasteiger partial charge in [-0.2, -0.15) is 0 Å². The van der Waals surface area contributed by atoms with E-state index in [1.165, 1.54) is 11.9 Å². The molecule has 40 heavy (non-hydrogen) atoms. The monoisotopic (exact) mass is 594 g/mol. The lowest BCUT2D eigenvalue weighted by atomic mass is 9.98. The maximum atomic E-state index is 9.60. The molecule has 0 aliphatic heterocycles. The van der Waals surface area contributed by atoms with Crippen LogP contribution < -0.4 is 10.0 Å². The zero-order chi connectivity index (χ0) is 29.0. The molecule has 0 unspecified atom stereocenters. The van der Waals surface area contributed by atoms with Crippen LogP contribution in [0.15, 0.2) is 101 Å². The van der Waals surface area contributed by atoms with E-state index < -0.39 is 0 Å². The van der Waals surface area contributed by atoms with E-state index in [-0.39, 0.29) is 5.60 Å². The van der Waals surface area contributed by atoms with Gasteiger partial charge in [0.25, 0.3) is 6.47 Å². The molecule has 0 fully saturated rings. The number of nitrogens with one attached hydrogen (secondary N) is 2. The summed E-state index contributed by atoms with van der Waals surface area (Å²) >= 11 is 13.7. The number of benzene rings is 3. The standard InChI is InChI=1S/C26H22Cl2N4S.C5H10O2/c1-29-26(32-33-23-5-3-2-4-6-23)31-17-18-15-24(19-7-11-21(27)12-8-19)25(30-16-18)20-9-13-22(28)14-10-20;1-5(2,3)7-4-6/h2-16H,17H2,1H3,(H2,29,31,32);4H,1-3H3. The first-order valence-corrected chi connectivity index (χ1v) is 14.1. The third-order valence-corrected chi connectivity index (χ3v) is 6.62. The van der Waals surface area contributed by atoms with E-state index in [1.807, 2.05) is 106 Å². The highest BCUT2D eigenvalue weighted by atomic mass is 35.5. The molecule has 0 atom stereocenters. The van der Waals surface area contributed by atoms with E-state index in [4.69, 9.17) is 28.2 Å². The topological polar surface area (TPSA) is 75.6 Å². The van der Waals surface area contributed by atoms with Crippen LogP contribution in [0.1, 0.15) is 26.3 Å². The number of hydrogen-bond donors (Lipinski definition) is 2. The molecule has 3 aromatic carbocycles. The van der Waals surface area contributed by atoms with Crippen molar-refractivity contribution in [2.24, 2.45) is 4.99 Å². The van der Waals surface area contributed by atoms with Gasteiger partial charge in [-0.3, -0.25) is 19.5 Å². The number of carbonyl (C=O) groups excluding carboxylic acids is 1. The molecule has 1 aromatic heterocycles. The average molecular weight is 596 g/mol. The molecule has 0 spiro atoms. The zero-order valence-electron chi connectivity index (χ0n) is 22.8. The van der Waals surface area contributed by atoms with Gasteiger partial charge in [-0.05, 0) is 86.3 Å². The molecule has 9 heteroatoms. The fourth-order valence-electron chi connectivity index (χ4n) is 3.38. The smallest absolute Gasteiger partial charge is 0.293 e. The van der Waals surface area contributed by atoms with Gasteiger partial charge in [0.15, 0.2) is 0 Å². The van der Waals surface area contributed by atoms with Crippen molar-refractivity contribution in [1.82, 2.24) is 15.0 Å². The van der Waals surface area contributed by atoms with Crippen LogP contribution in [0, 0.1) is 0 Å². The van der Waals surface area contributed by atoms with Gasteiger partial charge < -0.3 is 10.1 Å². The van der Waals surface area contributed by atoms with Crippen LogP contribution >= 0.6 is 35.1 Å². The van der Waals surface area contributed by atoms with Gasteiger partial charge in [0.2, 0.25) is 5.96 Å². The molecule has 0 radical (unpaired) electrons. The zero-order valence-corrected chi connectivity index (χ0v) is 25.1. The van der Waals surface area contributed by atoms with Gasteiger partial charge in [-0.25, -0.2) is 0 Å². The molecule has 0 aliphatic rings. The molecule has 0 bridgehead atoms. The summed E-state index contributed by atoms with van der Waals surface area (Å²) in [6.45, 7) is 6.49. The molecule has 0 aliphatic carbocycles. The minimum Gasteiger partial charge on any atom is -0.462 e. The Labute approximate surface area is 250 Å². The maximum Gasteiger partial charge on any atom is 0.293 e. The van der Waals surface area contributed by atoms with Crippen LogP contribution in [0.3, 0.4) is 0 Å². The average Bonchev–Trinajstić information content (AvgIpc) is 2.94. The van der Waals surface area contributed by atoms with Crippen molar-refractivity contribution in [2.45, 2.75) is 37.8 Å². The molecule has 0 amide bonds. The molecular formula is C31H32Cl2N4O2S. The fourth-order valence-corrected chi connectivity index (χ4v) is 4.30. The lowest BCUT2D eigenvalue weighted by Gasteiger charge is -2.14. The Morgan fingerprint density at radius 2 is 1.55 bits per heavy atom. The highest BCUT2D eigenvalue weighted by Crippen LogP contribution is 2.32.